The van der Waals surface area contributed by atoms with Crippen molar-refractivity contribution < 1.29 is 14.3 Å². The van der Waals surface area contributed by atoms with Gasteiger partial charge in [0.05, 0.1) is 11.3 Å². The molecule has 1 aromatic carbocycles. The molecule has 19 heavy (non-hydrogen) atoms. The molecule has 0 radical (unpaired) electrons. The molecule has 4 nitrogen and oxygen atoms in total. The van der Waals surface area contributed by atoms with E-state index < -0.39 is 11.8 Å². The highest BCUT2D eigenvalue weighted by Gasteiger charge is 2.32. The smallest absolute Gasteiger partial charge is 0.337 e. The van der Waals surface area contributed by atoms with Gasteiger partial charge in [-0.1, -0.05) is 6.92 Å². The van der Waals surface area contributed by atoms with Crippen molar-refractivity contribution >= 4 is 11.7 Å². The first-order valence-electron chi connectivity index (χ1n) is 6.34. The van der Waals surface area contributed by atoms with Crippen molar-refractivity contribution in [3.63, 3.8) is 0 Å². The van der Waals surface area contributed by atoms with Gasteiger partial charge >= 0.3 is 5.97 Å². The van der Waals surface area contributed by atoms with Crippen LogP contribution in [0.5, 0.6) is 0 Å². The van der Waals surface area contributed by atoms with Gasteiger partial charge in [0.25, 0.3) is 0 Å². The Labute approximate surface area is 112 Å². The summed E-state index contributed by atoms with van der Waals surface area (Å²) in [5.74, 6) is -1.16. The molecule has 104 valence electrons. The maximum atomic E-state index is 13.2. The fraction of sp³-hybridized carbons (Fsp3) is 0.500. The molecule has 1 heterocycles. The van der Waals surface area contributed by atoms with Gasteiger partial charge in [-0.15, -0.1) is 0 Å². The van der Waals surface area contributed by atoms with Gasteiger partial charge in [-0.05, 0) is 38.2 Å². The zero-order valence-electron chi connectivity index (χ0n) is 11.4. The first-order chi connectivity index (χ1) is 8.90. The number of likely N-dealkylation sites (N-methyl/N-ethyl adjacent to an activating group) is 1. The zero-order chi connectivity index (χ0) is 14.2. The molecule has 1 aromatic rings. The highest BCUT2D eigenvalue weighted by Crippen LogP contribution is 2.29. The van der Waals surface area contributed by atoms with E-state index in [1.807, 2.05) is 19.0 Å². The van der Waals surface area contributed by atoms with E-state index in [9.17, 15) is 14.3 Å². The zero-order valence-corrected chi connectivity index (χ0v) is 11.4. The highest BCUT2D eigenvalue weighted by atomic mass is 19.1. The van der Waals surface area contributed by atoms with Crippen LogP contribution in [0.3, 0.4) is 0 Å². The van der Waals surface area contributed by atoms with Gasteiger partial charge in [0.15, 0.2) is 0 Å². The standard InChI is InChI=1S/C14H19FN2O2/c1-9-7-17(8-13(9)16(2)3)12-5-4-10(15)6-11(12)14(18)19/h4-6,9,13H,7-8H2,1-3H3,(H,18,19). The largest absolute Gasteiger partial charge is 0.478 e. The average Bonchev–Trinajstić information content (AvgIpc) is 2.71. The summed E-state index contributed by atoms with van der Waals surface area (Å²) in [6, 6.07) is 4.34. The SMILES string of the molecule is CC1CN(c2ccc(F)cc2C(=O)O)CC1N(C)C. The quantitative estimate of drug-likeness (QED) is 0.907. The summed E-state index contributed by atoms with van der Waals surface area (Å²) in [5, 5.41) is 9.19. The van der Waals surface area contributed by atoms with Crippen LogP contribution in [0, 0.1) is 11.7 Å². The number of halogens is 1. The number of anilines is 1. The van der Waals surface area contributed by atoms with Gasteiger partial charge in [0.1, 0.15) is 5.82 Å². The van der Waals surface area contributed by atoms with Crippen LogP contribution in [0.2, 0.25) is 0 Å². The van der Waals surface area contributed by atoms with Crippen LogP contribution in [0.15, 0.2) is 18.2 Å². The Morgan fingerprint density at radius 1 is 1.42 bits per heavy atom. The van der Waals surface area contributed by atoms with Crippen LogP contribution >= 0.6 is 0 Å². The first-order valence-corrected chi connectivity index (χ1v) is 6.34. The van der Waals surface area contributed by atoms with Crippen LogP contribution < -0.4 is 4.90 Å². The third-order valence-corrected chi connectivity index (χ3v) is 3.77. The van der Waals surface area contributed by atoms with Crippen molar-refractivity contribution in [1.29, 1.82) is 0 Å². The Balaban J connectivity index is 2.31. The van der Waals surface area contributed by atoms with E-state index >= 15 is 0 Å². The minimum absolute atomic E-state index is 0.0339. The van der Waals surface area contributed by atoms with Crippen molar-refractivity contribution in [2.45, 2.75) is 13.0 Å². The summed E-state index contributed by atoms with van der Waals surface area (Å²) in [5.41, 5.74) is 0.636. The number of rotatable bonds is 3. The molecular formula is C14H19FN2O2. The Morgan fingerprint density at radius 2 is 2.11 bits per heavy atom. The van der Waals surface area contributed by atoms with Crippen molar-refractivity contribution in [2.24, 2.45) is 5.92 Å². The monoisotopic (exact) mass is 266 g/mol. The second-order valence-electron chi connectivity index (χ2n) is 5.38. The molecule has 1 aliphatic heterocycles. The molecule has 0 saturated carbocycles. The third kappa shape index (κ3) is 2.71. The molecule has 0 aliphatic carbocycles. The van der Waals surface area contributed by atoms with Crippen molar-refractivity contribution in [3.8, 4) is 0 Å². The van der Waals surface area contributed by atoms with Gasteiger partial charge in [-0.3, -0.25) is 0 Å². The molecule has 1 N–H and O–H groups in total. The molecule has 0 bridgehead atoms. The lowest BCUT2D eigenvalue weighted by molar-refractivity contribution is 0.0697. The Hall–Kier alpha value is -1.62. The maximum Gasteiger partial charge on any atom is 0.337 e. The highest BCUT2D eigenvalue weighted by molar-refractivity contribution is 5.94. The van der Waals surface area contributed by atoms with Crippen LogP contribution in [-0.4, -0.2) is 49.2 Å². The van der Waals surface area contributed by atoms with Gasteiger partial charge in [-0.25, -0.2) is 9.18 Å². The minimum Gasteiger partial charge on any atom is -0.478 e. The minimum atomic E-state index is -1.09. The summed E-state index contributed by atoms with van der Waals surface area (Å²) >= 11 is 0. The molecule has 0 amide bonds. The van der Waals surface area contributed by atoms with Crippen molar-refractivity contribution in [1.82, 2.24) is 4.90 Å². The lowest BCUT2D eigenvalue weighted by Gasteiger charge is -2.23. The molecule has 2 rings (SSSR count). The molecule has 1 fully saturated rings. The second kappa shape index (κ2) is 5.17. The van der Waals surface area contributed by atoms with E-state index in [2.05, 4.69) is 11.8 Å². The van der Waals surface area contributed by atoms with Crippen LogP contribution in [0.4, 0.5) is 10.1 Å². The normalized spacial score (nSPS) is 23.1. The number of carboxylic acids is 1. The van der Waals surface area contributed by atoms with Gasteiger partial charge in [-0.2, -0.15) is 0 Å². The predicted octanol–water partition coefficient (Wildman–Crippen LogP) is 1.91. The predicted molar refractivity (Wildman–Crippen MR) is 72.2 cm³/mol. The topological polar surface area (TPSA) is 43.8 Å². The molecule has 2 unspecified atom stereocenters. The Morgan fingerprint density at radius 3 is 2.63 bits per heavy atom. The maximum absolute atomic E-state index is 13.2. The summed E-state index contributed by atoms with van der Waals surface area (Å²) < 4.78 is 13.2. The second-order valence-corrected chi connectivity index (χ2v) is 5.38. The summed E-state index contributed by atoms with van der Waals surface area (Å²) in [6.07, 6.45) is 0. The fourth-order valence-electron chi connectivity index (χ4n) is 2.77. The molecular weight excluding hydrogens is 247 g/mol. The summed E-state index contributed by atoms with van der Waals surface area (Å²) in [4.78, 5) is 15.4. The first kappa shape index (κ1) is 13.8. The average molecular weight is 266 g/mol. The molecule has 5 heteroatoms. The summed E-state index contributed by atoms with van der Waals surface area (Å²) in [6.45, 7) is 3.70. The molecule has 0 aromatic heterocycles. The van der Waals surface area contributed by atoms with E-state index in [4.69, 9.17) is 0 Å². The van der Waals surface area contributed by atoms with Crippen molar-refractivity contribution in [2.75, 3.05) is 32.1 Å². The number of carbonyl (C=O) groups is 1. The van der Waals surface area contributed by atoms with Crippen LogP contribution in [-0.2, 0) is 0 Å². The fourth-order valence-corrected chi connectivity index (χ4v) is 2.77. The molecule has 1 aliphatic rings. The van der Waals surface area contributed by atoms with E-state index in [0.717, 1.165) is 19.2 Å². The lowest BCUT2D eigenvalue weighted by Crippen LogP contribution is -2.34. The van der Waals surface area contributed by atoms with Gasteiger partial charge < -0.3 is 14.9 Å². The Bertz CT molecular complexity index is 490. The van der Waals surface area contributed by atoms with E-state index in [1.165, 1.54) is 6.07 Å². The number of carboxylic acid groups (broad SMARTS) is 1. The van der Waals surface area contributed by atoms with E-state index in [1.54, 1.807) is 6.07 Å². The third-order valence-electron chi connectivity index (χ3n) is 3.77. The summed E-state index contributed by atoms with van der Waals surface area (Å²) in [7, 11) is 4.04. The molecule has 0 spiro atoms. The lowest BCUT2D eigenvalue weighted by atomic mass is 10.1. The Kier molecular flexibility index (Phi) is 3.75. The van der Waals surface area contributed by atoms with Crippen LogP contribution in [0.1, 0.15) is 17.3 Å². The van der Waals surface area contributed by atoms with E-state index in [-0.39, 0.29) is 5.56 Å². The number of nitrogens with zero attached hydrogens (tertiary/aromatic N) is 2. The molecule has 1 saturated heterocycles. The number of benzene rings is 1. The van der Waals surface area contributed by atoms with Gasteiger partial charge in [0, 0.05) is 19.1 Å². The van der Waals surface area contributed by atoms with Gasteiger partial charge in [0.2, 0.25) is 0 Å². The van der Waals surface area contributed by atoms with E-state index in [0.29, 0.717) is 17.6 Å². The molecule has 2 atom stereocenters. The van der Waals surface area contributed by atoms with Crippen molar-refractivity contribution in [3.05, 3.63) is 29.6 Å². The number of hydrogen-bond acceptors (Lipinski definition) is 3. The van der Waals surface area contributed by atoms with Crippen LogP contribution in [0.25, 0.3) is 0 Å². The number of hydrogen-bond donors (Lipinski definition) is 1. The number of aromatic carboxylic acids is 1.